The van der Waals surface area contributed by atoms with Crippen molar-refractivity contribution in [3.63, 3.8) is 0 Å². The second-order valence-electron chi connectivity index (χ2n) is 5.90. The summed E-state index contributed by atoms with van der Waals surface area (Å²) in [6.07, 6.45) is 1.88. The average molecular weight is 374 g/mol. The molecule has 3 N–H and O–H groups in total. The molecule has 0 aliphatic carbocycles. The van der Waals surface area contributed by atoms with Gasteiger partial charge in [-0.2, -0.15) is 0 Å². The molecule has 1 aliphatic rings. The summed E-state index contributed by atoms with van der Waals surface area (Å²) in [5.41, 5.74) is 0.656. The van der Waals surface area contributed by atoms with Crippen LogP contribution in [0.1, 0.15) is 18.9 Å². The van der Waals surface area contributed by atoms with Crippen molar-refractivity contribution in [3.8, 4) is 0 Å². The fourth-order valence-corrected chi connectivity index (χ4v) is 3.85. The van der Waals surface area contributed by atoms with Gasteiger partial charge in [-0.05, 0) is 30.0 Å². The highest BCUT2D eigenvalue weighted by molar-refractivity contribution is 7.90. The van der Waals surface area contributed by atoms with Gasteiger partial charge in [0.2, 0.25) is 5.91 Å². The summed E-state index contributed by atoms with van der Waals surface area (Å²) in [7, 11) is -3.39. The largest absolute Gasteiger partial charge is 0.354 e. The van der Waals surface area contributed by atoms with Gasteiger partial charge in [-0.15, -0.1) is 0 Å². The quantitative estimate of drug-likeness (QED) is 0.734. The number of carbonyl (C=O) groups excluding carboxylic acids is 2. The van der Waals surface area contributed by atoms with Crippen LogP contribution in [0.3, 0.4) is 0 Å². The molecular formula is C15H20ClN3O4S. The molecule has 0 aromatic heterocycles. The van der Waals surface area contributed by atoms with Gasteiger partial charge in [-0.1, -0.05) is 24.6 Å². The Kier molecular flexibility index (Phi) is 5.71. The van der Waals surface area contributed by atoms with Crippen LogP contribution >= 0.6 is 11.6 Å². The summed E-state index contributed by atoms with van der Waals surface area (Å²) in [5.74, 6) is -0.127. The van der Waals surface area contributed by atoms with Gasteiger partial charge in [-0.3, -0.25) is 4.79 Å². The number of hydrogen-bond donors (Lipinski definition) is 3. The first kappa shape index (κ1) is 18.5. The first-order valence-electron chi connectivity index (χ1n) is 7.49. The molecule has 132 valence electrons. The molecule has 1 fully saturated rings. The van der Waals surface area contributed by atoms with Gasteiger partial charge in [-0.25, -0.2) is 13.2 Å². The molecule has 1 aliphatic heterocycles. The van der Waals surface area contributed by atoms with Crippen LogP contribution in [0, 0.1) is 5.92 Å². The van der Waals surface area contributed by atoms with Crippen molar-refractivity contribution >= 4 is 33.4 Å². The highest BCUT2D eigenvalue weighted by atomic mass is 35.5. The van der Waals surface area contributed by atoms with Crippen LogP contribution < -0.4 is 16.0 Å². The van der Waals surface area contributed by atoms with Gasteiger partial charge in [0.1, 0.15) is 6.04 Å². The number of halogens is 1. The SMILES string of the molecule is CC1CCNC(=O)C1NC(=O)NCc1ccc(S(C)(=O)=O)c(Cl)c1. The average Bonchev–Trinajstić information content (AvgIpc) is 2.48. The van der Waals surface area contributed by atoms with Crippen LogP contribution in [0.2, 0.25) is 5.02 Å². The fraction of sp³-hybridized carbons (Fsp3) is 0.467. The maximum Gasteiger partial charge on any atom is 0.315 e. The van der Waals surface area contributed by atoms with Crippen LogP contribution in [-0.4, -0.2) is 39.2 Å². The van der Waals surface area contributed by atoms with Crippen LogP contribution in [0.5, 0.6) is 0 Å². The molecule has 2 atom stereocenters. The zero-order chi connectivity index (χ0) is 17.9. The first-order valence-corrected chi connectivity index (χ1v) is 9.76. The minimum atomic E-state index is -3.39. The van der Waals surface area contributed by atoms with Crippen molar-refractivity contribution in [2.75, 3.05) is 12.8 Å². The second-order valence-corrected chi connectivity index (χ2v) is 8.29. The van der Waals surface area contributed by atoms with E-state index in [4.69, 9.17) is 11.6 Å². The molecule has 1 heterocycles. The van der Waals surface area contributed by atoms with Gasteiger partial charge in [0.05, 0.1) is 9.92 Å². The number of benzene rings is 1. The van der Waals surface area contributed by atoms with E-state index in [1.54, 1.807) is 6.07 Å². The summed E-state index contributed by atoms with van der Waals surface area (Å²) in [5, 5.41) is 8.11. The van der Waals surface area contributed by atoms with Gasteiger partial charge in [0, 0.05) is 19.3 Å². The van der Waals surface area contributed by atoms with Crippen LogP contribution in [-0.2, 0) is 21.2 Å². The fourth-order valence-electron chi connectivity index (χ4n) is 2.50. The molecule has 2 unspecified atom stereocenters. The predicted octanol–water partition coefficient (Wildman–Crippen LogP) is 1.07. The molecule has 0 saturated carbocycles. The van der Waals surface area contributed by atoms with Gasteiger partial charge in [0.25, 0.3) is 0 Å². The Morgan fingerprint density at radius 2 is 2.12 bits per heavy atom. The molecule has 0 radical (unpaired) electrons. The van der Waals surface area contributed by atoms with Gasteiger partial charge < -0.3 is 16.0 Å². The number of nitrogens with one attached hydrogen (secondary N) is 3. The Morgan fingerprint density at radius 1 is 1.42 bits per heavy atom. The Bertz CT molecular complexity index is 751. The molecule has 1 aromatic carbocycles. The van der Waals surface area contributed by atoms with E-state index in [1.807, 2.05) is 6.92 Å². The molecule has 7 nitrogen and oxygen atoms in total. The van der Waals surface area contributed by atoms with Crippen LogP contribution in [0.15, 0.2) is 23.1 Å². The van der Waals surface area contributed by atoms with Crippen molar-refractivity contribution in [2.45, 2.75) is 30.8 Å². The molecule has 0 bridgehead atoms. The third-order valence-electron chi connectivity index (χ3n) is 3.89. The maximum atomic E-state index is 12.0. The smallest absolute Gasteiger partial charge is 0.315 e. The van der Waals surface area contributed by atoms with E-state index in [2.05, 4.69) is 16.0 Å². The number of sulfone groups is 1. The van der Waals surface area contributed by atoms with Crippen LogP contribution in [0.4, 0.5) is 4.79 Å². The summed E-state index contributed by atoms with van der Waals surface area (Å²) in [6.45, 7) is 2.69. The monoisotopic (exact) mass is 373 g/mol. The number of urea groups is 1. The molecular weight excluding hydrogens is 354 g/mol. The van der Waals surface area contributed by atoms with Gasteiger partial charge in [0.15, 0.2) is 9.84 Å². The topological polar surface area (TPSA) is 104 Å². The summed E-state index contributed by atoms with van der Waals surface area (Å²) in [4.78, 5) is 23.8. The minimum Gasteiger partial charge on any atom is -0.354 e. The van der Waals surface area contributed by atoms with E-state index in [-0.39, 0.29) is 28.3 Å². The first-order chi connectivity index (χ1) is 11.2. The van der Waals surface area contributed by atoms with E-state index in [0.29, 0.717) is 12.1 Å². The standard InChI is InChI=1S/C15H20ClN3O4S/c1-9-5-6-17-14(20)13(9)19-15(21)18-8-10-3-4-12(11(16)7-10)24(2,22)23/h3-4,7,9,13H,5-6,8H2,1-2H3,(H,17,20)(H2,18,19,21). The third-order valence-corrected chi connectivity index (χ3v) is 5.47. The number of rotatable bonds is 4. The minimum absolute atomic E-state index is 0.0464. The number of piperidine rings is 1. The third kappa shape index (κ3) is 4.61. The van der Waals surface area contributed by atoms with E-state index >= 15 is 0 Å². The summed E-state index contributed by atoms with van der Waals surface area (Å²) in [6, 6.07) is 3.46. The zero-order valence-electron chi connectivity index (χ0n) is 13.4. The maximum absolute atomic E-state index is 12.0. The lowest BCUT2D eigenvalue weighted by atomic mass is 9.94. The van der Waals surface area contributed by atoms with Crippen molar-refractivity contribution < 1.29 is 18.0 Å². The lowest BCUT2D eigenvalue weighted by Crippen LogP contribution is -2.56. The Hall–Kier alpha value is -1.80. The lowest BCUT2D eigenvalue weighted by Gasteiger charge is -2.28. The van der Waals surface area contributed by atoms with Gasteiger partial charge >= 0.3 is 6.03 Å². The van der Waals surface area contributed by atoms with Crippen LogP contribution in [0.25, 0.3) is 0 Å². The number of carbonyl (C=O) groups is 2. The normalized spacial score (nSPS) is 21.0. The van der Waals surface area contributed by atoms with E-state index < -0.39 is 21.9 Å². The molecule has 1 aromatic rings. The molecule has 0 spiro atoms. The Labute approximate surface area is 146 Å². The Morgan fingerprint density at radius 3 is 2.71 bits per heavy atom. The van der Waals surface area contributed by atoms with Crippen molar-refractivity contribution in [2.24, 2.45) is 5.92 Å². The molecule has 3 amide bonds. The molecule has 2 rings (SSSR count). The number of amides is 3. The van der Waals surface area contributed by atoms with E-state index in [1.165, 1.54) is 12.1 Å². The molecule has 9 heteroatoms. The predicted molar refractivity (Wildman–Crippen MR) is 90.5 cm³/mol. The summed E-state index contributed by atoms with van der Waals surface area (Å²) >= 11 is 5.96. The van der Waals surface area contributed by atoms with E-state index in [0.717, 1.165) is 12.7 Å². The molecule has 24 heavy (non-hydrogen) atoms. The van der Waals surface area contributed by atoms with Crippen molar-refractivity contribution in [1.29, 1.82) is 0 Å². The highest BCUT2D eigenvalue weighted by Crippen LogP contribution is 2.22. The number of hydrogen-bond acceptors (Lipinski definition) is 4. The van der Waals surface area contributed by atoms with E-state index in [9.17, 15) is 18.0 Å². The highest BCUT2D eigenvalue weighted by Gasteiger charge is 2.29. The molecule has 1 saturated heterocycles. The van der Waals surface area contributed by atoms with Crippen molar-refractivity contribution in [1.82, 2.24) is 16.0 Å². The van der Waals surface area contributed by atoms with Crippen molar-refractivity contribution in [3.05, 3.63) is 28.8 Å². The lowest BCUT2D eigenvalue weighted by molar-refractivity contribution is -0.125. The Balaban J connectivity index is 1.94. The second kappa shape index (κ2) is 7.40. The zero-order valence-corrected chi connectivity index (χ0v) is 15.0. The summed E-state index contributed by atoms with van der Waals surface area (Å²) < 4.78 is 23.0.